The summed E-state index contributed by atoms with van der Waals surface area (Å²) in [4.78, 5) is 17.6. The Bertz CT molecular complexity index is 964. The van der Waals surface area contributed by atoms with Gasteiger partial charge in [-0.25, -0.2) is 0 Å². The zero-order valence-corrected chi connectivity index (χ0v) is 19.9. The SMILES string of the molecule is C=CC[C@@](C)(C[C@H](c1cncc(Cl)c1)[C@@H](O)c1ccc(Cl)cc1)C(=O)N[C@@]1(CO)CC1C. The van der Waals surface area contributed by atoms with Crippen molar-refractivity contribution >= 4 is 29.1 Å². The van der Waals surface area contributed by atoms with Crippen LogP contribution in [0, 0.1) is 11.3 Å². The van der Waals surface area contributed by atoms with Gasteiger partial charge in [0.25, 0.3) is 0 Å². The van der Waals surface area contributed by atoms with Crippen LogP contribution in [-0.2, 0) is 4.79 Å². The van der Waals surface area contributed by atoms with Crippen molar-refractivity contribution in [2.24, 2.45) is 11.3 Å². The van der Waals surface area contributed by atoms with Crippen LogP contribution in [0.25, 0.3) is 0 Å². The molecule has 3 N–H and O–H groups in total. The van der Waals surface area contributed by atoms with Gasteiger partial charge in [-0.3, -0.25) is 9.78 Å². The number of allylic oxidation sites excluding steroid dienone is 1. The maximum atomic E-state index is 13.4. The van der Waals surface area contributed by atoms with E-state index in [0.29, 0.717) is 28.5 Å². The number of nitrogens with one attached hydrogen (secondary N) is 1. The molecule has 0 radical (unpaired) electrons. The summed E-state index contributed by atoms with van der Waals surface area (Å²) >= 11 is 12.2. The maximum Gasteiger partial charge on any atom is 0.226 e. The van der Waals surface area contributed by atoms with Crippen molar-refractivity contribution in [2.75, 3.05) is 6.61 Å². The molecular weight excluding hydrogens is 447 g/mol. The van der Waals surface area contributed by atoms with E-state index in [-0.39, 0.29) is 18.4 Å². The molecule has 1 aliphatic carbocycles. The van der Waals surface area contributed by atoms with Crippen molar-refractivity contribution in [3.63, 3.8) is 0 Å². The average Bonchev–Trinajstić information content (AvgIpc) is 3.41. The van der Waals surface area contributed by atoms with E-state index in [1.807, 2.05) is 13.8 Å². The first-order chi connectivity index (χ1) is 15.1. The minimum Gasteiger partial charge on any atom is -0.394 e. The molecule has 1 heterocycles. The summed E-state index contributed by atoms with van der Waals surface area (Å²) in [6.07, 6.45) is 5.49. The second-order valence-corrected chi connectivity index (χ2v) is 10.0. The fourth-order valence-corrected chi connectivity index (χ4v) is 4.61. The lowest BCUT2D eigenvalue weighted by molar-refractivity contribution is -0.132. The van der Waals surface area contributed by atoms with Gasteiger partial charge in [0.2, 0.25) is 5.91 Å². The molecule has 7 heteroatoms. The van der Waals surface area contributed by atoms with Gasteiger partial charge in [-0.1, -0.05) is 55.3 Å². The first-order valence-electron chi connectivity index (χ1n) is 10.7. The third-order valence-corrected chi connectivity index (χ3v) is 7.12. The Balaban J connectivity index is 1.95. The number of nitrogens with zero attached hydrogens (tertiary/aromatic N) is 1. The molecule has 1 amide bonds. The summed E-state index contributed by atoms with van der Waals surface area (Å²) in [5.74, 6) is -0.407. The lowest BCUT2D eigenvalue weighted by Crippen LogP contribution is -2.48. The second-order valence-electron chi connectivity index (χ2n) is 9.17. The largest absolute Gasteiger partial charge is 0.394 e. The number of benzene rings is 1. The minimum absolute atomic E-state index is 0.0981. The minimum atomic E-state index is -0.906. The summed E-state index contributed by atoms with van der Waals surface area (Å²) in [7, 11) is 0. The molecule has 1 aliphatic rings. The van der Waals surface area contributed by atoms with Crippen molar-refractivity contribution in [1.82, 2.24) is 10.3 Å². The quantitative estimate of drug-likeness (QED) is 0.418. The molecule has 0 bridgehead atoms. The summed E-state index contributed by atoms with van der Waals surface area (Å²) in [6, 6.07) is 8.76. The van der Waals surface area contributed by atoms with Gasteiger partial charge in [0.05, 0.1) is 28.7 Å². The molecule has 0 spiro atoms. The number of carbonyl (C=O) groups excluding carboxylic acids is 1. The summed E-state index contributed by atoms with van der Waals surface area (Å²) < 4.78 is 0. The number of hydrogen-bond donors (Lipinski definition) is 3. The van der Waals surface area contributed by atoms with Gasteiger partial charge in [-0.2, -0.15) is 0 Å². The van der Waals surface area contributed by atoms with Crippen LogP contribution >= 0.6 is 23.2 Å². The number of aromatic nitrogens is 1. The predicted molar refractivity (Wildman–Crippen MR) is 128 cm³/mol. The number of aliphatic hydroxyl groups excluding tert-OH is 2. The van der Waals surface area contributed by atoms with E-state index < -0.39 is 23.0 Å². The summed E-state index contributed by atoms with van der Waals surface area (Å²) in [5.41, 5.74) is -0.0170. The Labute approximate surface area is 199 Å². The molecule has 3 rings (SSSR count). The molecule has 2 aromatic rings. The van der Waals surface area contributed by atoms with E-state index in [0.717, 1.165) is 12.0 Å². The van der Waals surface area contributed by atoms with E-state index >= 15 is 0 Å². The number of aliphatic hydroxyl groups is 2. The molecule has 1 aromatic carbocycles. The molecule has 1 fully saturated rings. The van der Waals surface area contributed by atoms with Gasteiger partial charge < -0.3 is 15.5 Å². The number of carbonyl (C=O) groups is 1. The van der Waals surface area contributed by atoms with E-state index in [9.17, 15) is 15.0 Å². The highest BCUT2D eigenvalue weighted by atomic mass is 35.5. The van der Waals surface area contributed by atoms with Crippen molar-refractivity contribution < 1.29 is 15.0 Å². The smallest absolute Gasteiger partial charge is 0.226 e. The van der Waals surface area contributed by atoms with Crippen LogP contribution in [0.5, 0.6) is 0 Å². The van der Waals surface area contributed by atoms with E-state index in [1.54, 1.807) is 42.6 Å². The first-order valence-corrected chi connectivity index (χ1v) is 11.5. The Morgan fingerprint density at radius 2 is 1.97 bits per heavy atom. The molecule has 0 aliphatic heterocycles. The van der Waals surface area contributed by atoms with Crippen LogP contribution in [0.15, 0.2) is 55.4 Å². The third-order valence-electron chi connectivity index (χ3n) is 6.66. The average molecular weight is 477 g/mol. The van der Waals surface area contributed by atoms with Gasteiger partial charge in [-0.05, 0) is 54.5 Å². The fourth-order valence-electron chi connectivity index (χ4n) is 4.31. The zero-order chi connectivity index (χ0) is 23.5. The molecule has 32 heavy (non-hydrogen) atoms. The van der Waals surface area contributed by atoms with Gasteiger partial charge in [-0.15, -0.1) is 6.58 Å². The Morgan fingerprint density at radius 3 is 2.50 bits per heavy atom. The van der Waals surface area contributed by atoms with Crippen LogP contribution in [0.2, 0.25) is 10.0 Å². The summed E-state index contributed by atoms with van der Waals surface area (Å²) in [5, 5.41) is 25.3. The normalized spacial score (nSPS) is 23.6. The van der Waals surface area contributed by atoms with Crippen LogP contribution in [0.1, 0.15) is 56.3 Å². The lowest BCUT2D eigenvalue weighted by Gasteiger charge is -2.35. The number of halogens is 2. The van der Waals surface area contributed by atoms with E-state index in [4.69, 9.17) is 23.2 Å². The standard InChI is InChI=1S/C25H30Cl2N2O3/c1-4-9-24(3,23(32)29-25(15-30)11-16(25)2)12-21(18-10-20(27)14-28-13-18)22(31)17-5-7-19(26)8-6-17/h4-8,10,13-14,16,21-22,30-31H,1,9,11-12,15H2,2-3H3,(H,29,32)/t16?,21-,22+,24+,25-/m1/s1. The number of rotatable bonds is 10. The molecule has 5 atom stereocenters. The highest BCUT2D eigenvalue weighted by Gasteiger charge is 2.53. The van der Waals surface area contributed by atoms with Crippen LogP contribution < -0.4 is 5.32 Å². The van der Waals surface area contributed by atoms with Crippen molar-refractivity contribution in [1.29, 1.82) is 0 Å². The highest BCUT2D eigenvalue weighted by Crippen LogP contribution is 2.46. The van der Waals surface area contributed by atoms with Crippen molar-refractivity contribution in [2.45, 2.75) is 50.7 Å². The maximum absolute atomic E-state index is 13.4. The third kappa shape index (κ3) is 5.34. The second kappa shape index (κ2) is 9.92. The van der Waals surface area contributed by atoms with Crippen molar-refractivity contribution in [3.8, 4) is 0 Å². The zero-order valence-electron chi connectivity index (χ0n) is 18.4. The number of amides is 1. The van der Waals surface area contributed by atoms with Crippen LogP contribution in [0.4, 0.5) is 0 Å². The van der Waals surface area contributed by atoms with Gasteiger partial charge in [0.1, 0.15) is 0 Å². The topological polar surface area (TPSA) is 82.5 Å². The molecule has 5 nitrogen and oxygen atoms in total. The highest BCUT2D eigenvalue weighted by molar-refractivity contribution is 6.30. The van der Waals surface area contributed by atoms with Gasteiger partial charge in [0.15, 0.2) is 0 Å². The number of hydrogen-bond acceptors (Lipinski definition) is 4. The molecular formula is C25H30Cl2N2O3. The van der Waals surface area contributed by atoms with Crippen molar-refractivity contribution in [3.05, 3.63) is 76.6 Å². The van der Waals surface area contributed by atoms with E-state index in [1.165, 1.54) is 6.20 Å². The lowest BCUT2D eigenvalue weighted by atomic mass is 9.72. The van der Waals surface area contributed by atoms with Gasteiger partial charge in [0, 0.05) is 23.3 Å². The Kier molecular flexibility index (Phi) is 7.66. The fraction of sp³-hybridized carbons (Fsp3) is 0.440. The molecule has 1 aromatic heterocycles. The molecule has 0 saturated heterocycles. The Hall–Kier alpha value is -1.92. The number of pyridine rings is 1. The van der Waals surface area contributed by atoms with E-state index in [2.05, 4.69) is 16.9 Å². The molecule has 172 valence electrons. The molecule has 1 saturated carbocycles. The predicted octanol–water partition coefficient (Wildman–Crippen LogP) is 5.07. The monoisotopic (exact) mass is 476 g/mol. The van der Waals surface area contributed by atoms with Crippen LogP contribution in [-0.4, -0.2) is 33.3 Å². The van der Waals surface area contributed by atoms with Crippen LogP contribution in [0.3, 0.4) is 0 Å². The molecule has 1 unspecified atom stereocenters. The Morgan fingerprint density at radius 1 is 1.31 bits per heavy atom. The first kappa shape index (κ1) is 24.7. The summed E-state index contributed by atoms with van der Waals surface area (Å²) in [6.45, 7) is 7.61. The van der Waals surface area contributed by atoms with Gasteiger partial charge >= 0.3 is 0 Å².